The van der Waals surface area contributed by atoms with Gasteiger partial charge in [-0.2, -0.15) is 0 Å². The summed E-state index contributed by atoms with van der Waals surface area (Å²) in [4.78, 5) is 0. The molecule has 0 saturated carbocycles. The first kappa shape index (κ1) is 16.2. The summed E-state index contributed by atoms with van der Waals surface area (Å²) in [6, 6.07) is 4.38. The van der Waals surface area contributed by atoms with E-state index in [9.17, 15) is 18.3 Å². The van der Waals surface area contributed by atoms with Crippen molar-refractivity contribution < 1.29 is 27.4 Å². The number of nitrogens with two attached hydrogens (primary N) is 1. The molecule has 1 aromatic carbocycles. The first-order valence-corrected chi connectivity index (χ1v) is 6.43. The minimum absolute atomic E-state index is 0.0417. The van der Waals surface area contributed by atoms with E-state index >= 15 is 0 Å². The van der Waals surface area contributed by atoms with Crippen molar-refractivity contribution in [1.29, 1.82) is 0 Å². The molecule has 9 heteroatoms. The zero-order valence-corrected chi connectivity index (χ0v) is 11.5. The van der Waals surface area contributed by atoms with E-state index in [1.807, 2.05) is 0 Å². The van der Waals surface area contributed by atoms with Crippen molar-refractivity contribution in [1.82, 2.24) is 10.2 Å². The van der Waals surface area contributed by atoms with Crippen LogP contribution in [0.1, 0.15) is 25.3 Å². The first-order chi connectivity index (χ1) is 10.3. The topological polar surface area (TPSA) is 94.4 Å². The number of alkyl halides is 3. The van der Waals surface area contributed by atoms with Crippen molar-refractivity contribution in [2.45, 2.75) is 31.9 Å². The van der Waals surface area contributed by atoms with Crippen molar-refractivity contribution in [2.24, 2.45) is 5.73 Å². The Morgan fingerprint density at radius 2 is 1.91 bits per heavy atom. The molecule has 2 rings (SSSR count). The highest BCUT2D eigenvalue weighted by molar-refractivity contribution is 5.54. The molecule has 0 spiro atoms. The fraction of sp³-hybridized carbons (Fsp3) is 0.385. The summed E-state index contributed by atoms with van der Waals surface area (Å²) < 4.78 is 45.2. The molecule has 0 aliphatic carbocycles. The molecule has 0 bridgehead atoms. The molecule has 0 aliphatic rings. The highest BCUT2D eigenvalue weighted by Gasteiger charge is 2.31. The van der Waals surface area contributed by atoms with Crippen molar-refractivity contribution in [2.75, 3.05) is 0 Å². The van der Waals surface area contributed by atoms with Crippen LogP contribution in [0.25, 0.3) is 11.5 Å². The second-order valence-corrected chi connectivity index (χ2v) is 4.53. The number of benzene rings is 1. The Labute approximate surface area is 123 Å². The van der Waals surface area contributed by atoms with E-state index in [1.165, 1.54) is 12.1 Å². The Kier molecular flexibility index (Phi) is 4.67. The molecule has 2 atom stereocenters. The molecule has 0 radical (unpaired) electrons. The van der Waals surface area contributed by atoms with Crippen LogP contribution in [0.4, 0.5) is 13.2 Å². The van der Waals surface area contributed by atoms with E-state index in [2.05, 4.69) is 14.9 Å². The summed E-state index contributed by atoms with van der Waals surface area (Å²) in [6.07, 6.45) is -5.33. The summed E-state index contributed by atoms with van der Waals surface area (Å²) in [7, 11) is 0. The minimum atomic E-state index is -4.75. The van der Waals surface area contributed by atoms with Gasteiger partial charge in [0, 0.05) is 11.6 Å². The zero-order valence-electron chi connectivity index (χ0n) is 11.5. The molecule has 1 aromatic heterocycles. The third kappa shape index (κ3) is 3.95. The van der Waals surface area contributed by atoms with Gasteiger partial charge < -0.3 is 20.0 Å². The molecular weight excluding hydrogens is 303 g/mol. The summed E-state index contributed by atoms with van der Waals surface area (Å²) in [5.74, 6) is -0.333. The van der Waals surface area contributed by atoms with Crippen LogP contribution in [0.5, 0.6) is 5.75 Å². The number of hydrogen-bond acceptors (Lipinski definition) is 6. The predicted molar refractivity (Wildman–Crippen MR) is 69.6 cm³/mol. The highest BCUT2D eigenvalue weighted by Crippen LogP contribution is 2.27. The van der Waals surface area contributed by atoms with Gasteiger partial charge in [0.1, 0.15) is 11.9 Å². The van der Waals surface area contributed by atoms with Gasteiger partial charge in [0.05, 0.1) is 0 Å². The molecule has 0 saturated heterocycles. The van der Waals surface area contributed by atoms with Crippen molar-refractivity contribution >= 4 is 0 Å². The lowest BCUT2D eigenvalue weighted by Crippen LogP contribution is -2.27. The summed E-state index contributed by atoms with van der Waals surface area (Å²) >= 11 is 0. The van der Waals surface area contributed by atoms with Crippen LogP contribution in [0.3, 0.4) is 0 Å². The van der Waals surface area contributed by atoms with Crippen LogP contribution in [-0.4, -0.2) is 27.7 Å². The van der Waals surface area contributed by atoms with Gasteiger partial charge in [-0.05, 0) is 30.7 Å². The molecule has 6 nitrogen and oxygen atoms in total. The zero-order chi connectivity index (χ0) is 16.3. The monoisotopic (exact) mass is 317 g/mol. The Morgan fingerprint density at radius 1 is 1.27 bits per heavy atom. The first-order valence-electron chi connectivity index (χ1n) is 6.43. The number of rotatable bonds is 5. The maximum atomic E-state index is 12.1. The van der Waals surface area contributed by atoms with Crippen LogP contribution in [0.15, 0.2) is 28.7 Å². The van der Waals surface area contributed by atoms with Gasteiger partial charge in [0.15, 0.2) is 0 Å². The predicted octanol–water partition coefficient (Wildman–Crippen LogP) is 2.41. The van der Waals surface area contributed by atoms with E-state index in [1.54, 1.807) is 6.92 Å². The summed E-state index contributed by atoms with van der Waals surface area (Å²) in [5.41, 5.74) is 6.07. The van der Waals surface area contributed by atoms with Gasteiger partial charge in [0.25, 0.3) is 0 Å². The Balaban J connectivity index is 2.14. The lowest BCUT2D eigenvalue weighted by atomic mass is 10.1. The molecule has 1 heterocycles. The minimum Gasteiger partial charge on any atom is -0.418 e. The number of aromatic nitrogens is 2. The van der Waals surface area contributed by atoms with E-state index in [0.717, 1.165) is 12.1 Å². The highest BCUT2D eigenvalue weighted by atomic mass is 19.4. The molecule has 0 amide bonds. The van der Waals surface area contributed by atoms with Crippen molar-refractivity contribution in [3.63, 3.8) is 0 Å². The molecule has 0 aliphatic heterocycles. The van der Waals surface area contributed by atoms with Crippen LogP contribution < -0.4 is 10.5 Å². The number of aliphatic hydroxyl groups is 1. The maximum absolute atomic E-state index is 12.1. The lowest BCUT2D eigenvalue weighted by Gasteiger charge is -2.12. The molecule has 0 fully saturated rings. The Hall–Kier alpha value is -2.13. The van der Waals surface area contributed by atoms with Crippen LogP contribution in [0, 0.1) is 0 Å². The average molecular weight is 317 g/mol. The van der Waals surface area contributed by atoms with Crippen LogP contribution >= 0.6 is 0 Å². The van der Waals surface area contributed by atoms with Crippen molar-refractivity contribution in [3.8, 4) is 17.2 Å². The van der Waals surface area contributed by atoms with Crippen molar-refractivity contribution in [3.05, 3.63) is 30.2 Å². The van der Waals surface area contributed by atoms with Gasteiger partial charge in [-0.1, -0.05) is 6.92 Å². The maximum Gasteiger partial charge on any atom is 0.573 e. The van der Waals surface area contributed by atoms with Gasteiger partial charge in [-0.3, -0.25) is 0 Å². The van der Waals surface area contributed by atoms with Gasteiger partial charge >= 0.3 is 6.36 Å². The number of halogens is 3. The number of hydrogen-bond donors (Lipinski definition) is 2. The third-order valence-corrected chi connectivity index (χ3v) is 2.91. The fourth-order valence-electron chi connectivity index (χ4n) is 1.68. The van der Waals surface area contributed by atoms with Crippen LogP contribution in [0.2, 0.25) is 0 Å². The van der Waals surface area contributed by atoms with E-state index in [4.69, 9.17) is 10.2 Å². The van der Waals surface area contributed by atoms with Crippen LogP contribution in [-0.2, 0) is 0 Å². The summed E-state index contributed by atoms with van der Waals surface area (Å²) in [5, 5.41) is 17.3. The summed E-state index contributed by atoms with van der Waals surface area (Å²) in [6.45, 7) is 1.80. The van der Waals surface area contributed by atoms with Gasteiger partial charge in [-0.15, -0.1) is 23.4 Å². The lowest BCUT2D eigenvalue weighted by molar-refractivity contribution is -0.274. The Morgan fingerprint density at radius 3 is 2.45 bits per heavy atom. The normalized spacial score (nSPS) is 14.6. The molecule has 22 heavy (non-hydrogen) atoms. The van der Waals surface area contributed by atoms with Gasteiger partial charge in [-0.25, -0.2) is 0 Å². The van der Waals surface area contributed by atoms with E-state index < -0.39 is 18.5 Å². The standard InChI is InChI=1S/C13H14F3N3O3/c1-2-9(17)10(20)12-19-18-11(21-12)7-3-5-8(6-4-7)22-13(14,15)16/h3-6,9-10,20H,2,17H2,1H3/t9-,10?/m0/s1. The second kappa shape index (κ2) is 6.32. The Bertz CT molecular complexity index is 613. The van der Waals surface area contributed by atoms with E-state index in [-0.39, 0.29) is 17.5 Å². The SMILES string of the molecule is CC[C@H](N)C(O)c1nnc(-c2ccc(OC(F)(F)F)cc2)o1. The van der Waals surface area contributed by atoms with E-state index in [0.29, 0.717) is 12.0 Å². The number of nitrogens with zero attached hydrogens (tertiary/aromatic N) is 2. The number of aliphatic hydroxyl groups excluding tert-OH is 1. The average Bonchev–Trinajstić information content (AvgIpc) is 2.94. The third-order valence-electron chi connectivity index (χ3n) is 2.91. The second-order valence-electron chi connectivity index (χ2n) is 4.53. The largest absolute Gasteiger partial charge is 0.573 e. The number of ether oxygens (including phenoxy) is 1. The smallest absolute Gasteiger partial charge is 0.418 e. The fourth-order valence-corrected chi connectivity index (χ4v) is 1.68. The molecule has 2 aromatic rings. The quantitative estimate of drug-likeness (QED) is 0.879. The molecule has 1 unspecified atom stereocenters. The molecule has 120 valence electrons. The molecule has 3 N–H and O–H groups in total. The van der Waals surface area contributed by atoms with Gasteiger partial charge in [0.2, 0.25) is 11.8 Å². The molecular formula is C13H14F3N3O3.